The minimum absolute atomic E-state index is 0.556. The number of piperidine rings is 1. The number of rotatable bonds is 3. The molecule has 0 atom stereocenters. The quantitative estimate of drug-likeness (QED) is 0.624. The molecule has 0 spiro atoms. The number of nitriles is 1. The monoisotopic (exact) mass is 180 g/mol. The van der Waals surface area contributed by atoms with Crippen LogP contribution in [0.4, 0.5) is 0 Å². The summed E-state index contributed by atoms with van der Waals surface area (Å²) in [5.74, 6) is 0. The average Bonchev–Trinajstić information content (AvgIpc) is 2.10. The average molecular weight is 180 g/mol. The molecule has 0 N–H and O–H groups in total. The maximum Gasteiger partial charge on any atom is 0.0865 e. The van der Waals surface area contributed by atoms with Gasteiger partial charge in [0.05, 0.1) is 12.6 Å². The lowest BCUT2D eigenvalue weighted by atomic mass is 9.77. The Labute approximate surface area is 81.5 Å². The highest BCUT2D eigenvalue weighted by atomic mass is 15.1. The summed E-state index contributed by atoms with van der Waals surface area (Å²) in [5, 5.41) is 8.56. The highest BCUT2D eigenvalue weighted by molar-refractivity contribution is 4.85. The van der Waals surface area contributed by atoms with Gasteiger partial charge in [0, 0.05) is 0 Å². The van der Waals surface area contributed by atoms with Crippen molar-refractivity contribution in [3.05, 3.63) is 0 Å². The van der Waals surface area contributed by atoms with E-state index >= 15 is 0 Å². The molecule has 74 valence electrons. The van der Waals surface area contributed by atoms with Gasteiger partial charge >= 0.3 is 0 Å². The fourth-order valence-electron chi connectivity index (χ4n) is 2.20. The lowest BCUT2D eigenvalue weighted by Gasteiger charge is -2.38. The van der Waals surface area contributed by atoms with Crippen molar-refractivity contribution in [1.82, 2.24) is 4.90 Å². The van der Waals surface area contributed by atoms with Gasteiger partial charge in [0.2, 0.25) is 0 Å². The van der Waals surface area contributed by atoms with Crippen LogP contribution in [0.2, 0.25) is 0 Å². The number of nitrogens with zero attached hydrogens (tertiary/aromatic N) is 2. The van der Waals surface area contributed by atoms with Crippen LogP contribution in [-0.4, -0.2) is 24.5 Å². The summed E-state index contributed by atoms with van der Waals surface area (Å²) < 4.78 is 0. The van der Waals surface area contributed by atoms with Crippen LogP contribution in [0.5, 0.6) is 0 Å². The van der Waals surface area contributed by atoms with Crippen molar-refractivity contribution in [2.24, 2.45) is 5.41 Å². The summed E-state index contributed by atoms with van der Waals surface area (Å²) in [4.78, 5) is 2.26. The molecule has 0 bridgehead atoms. The van der Waals surface area contributed by atoms with Gasteiger partial charge in [-0.15, -0.1) is 0 Å². The van der Waals surface area contributed by atoms with E-state index < -0.39 is 0 Å². The van der Waals surface area contributed by atoms with Crippen LogP contribution in [0.15, 0.2) is 0 Å². The molecule has 0 saturated carbocycles. The minimum atomic E-state index is 0.556. The van der Waals surface area contributed by atoms with E-state index in [4.69, 9.17) is 5.26 Å². The van der Waals surface area contributed by atoms with Crippen LogP contribution in [0.1, 0.15) is 39.5 Å². The minimum Gasteiger partial charge on any atom is -0.291 e. The van der Waals surface area contributed by atoms with E-state index in [1.54, 1.807) is 0 Å². The summed E-state index contributed by atoms with van der Waals surface area (Å²) in [6, 6.07) is 2.22. The van der Waals surface area contributed by atoms with Crippen LogP contribution in [0.25, 0.3) is 0 Å². The first-order valence-electron chi connectivity index (χ1n) is 5.29. The molecule has 1 saturated heterocycles. The Morgan fingerprint density at radius 1 is 1.38 bits per heavy atom. The van der Waals surface area contributed by atoms with E-state index in [9.17, 15) is 0 Å². The van der Waals surface area contributed by atoms with E-state index in [1.807, 2.05) is 0 Å². The summed E-state index contributed by atoms with van der Waals surface area (Å²) >= 11 is 0. The van der Waals surface area contributed by atoms with Crippen molar-refractivity contribution in [3.63, 3.8) is 0 Å². The van der Waals surface area contributed by atoms with Gasteiger partial charge in [0.15, 0.2) is 0 Å². The number of hydrogen-bond donors (Lipinski definition) is 0. The molecule has 1 heterocycles. The molecule has 2 heteroatoms. The lowest BCUT2D eigenvalue weighted by Crippen LogP contribution is -2.38. The van der Waals surface area contributed by atoms with E-state index in [1.165, 1.54) is 25.7 Å². The molecule has 0 unspecified atom stereocenters. The molecule has 0 radical (unpaired) electrons. The lowest BCUT2D eigenvalue weighted by molar-refractivity contribution is 0.120. The first-order chi connectivity index (χ1) is 6.20. The fourth-order valence-corrected chi connectivity index (χ4v) is 2.20. The second kappa shape index (κ2) is 4.62. The van der Waals surface area contributed by atoms with Crippen LogP contribution in [-0.2, 0) is 0 Å². The third-order valence-corrected chi connectivity index (χ3v) is 3.21. The molecular formula is C11H20N2. The highest BCUT2D eigenvalue weighted by Crippen LogP contribution is 2.35. The van der Waals surface area contributed by atoms with E-state index in [0.717, 1.165) is 13.1 Å². The Hall–Kier alpha value is -0.550. The van der Waals surface area contributed by atoms with Crippen molar-refractivity contribution in [1.29, 1.82) is 5.26 Å². The van der Waals surface area contributed by atoms with Crippen LogP contribution in [0.3, 0.4) is 0 Å². The van der Waals surface area contributed by atoms with Crippen molar-refractivity contribution in [2.75, 3.05) is 19.6 Å². The molecule has 0 amide bonds. The van der Waals surface area contributed by atoms with Crippen LogP contribution in [0, 0.1) is 16.7 Å². The number of likely N-dealkylation sites (tertiary alicyclic amines) is 1. The SMILES string of the molecule is CCCC1(C)CCN(CC#N)CC1. The van der Waals surface area contributed by atoms with Gasteiger partial charge in [-0.05, 0) is 37.8 Å². The van der Waals surface area contributed by atoms with E-state index in [2.05, 4.69) is 24.8 Å². The highest BCUT2D eigenvalue weighted by Gasteiger charge is 2.28. The predicted molar refractivity (Wildman–Crippen MR) is 54.3 cm³/mol. The first-order valence-corrected chi connectivity index (χ1v) is 5.29. The molecule has 1 aliphatic rings. The molecule has 0 aromatic heterocycles. The van der Waals surface area contributed by atoms with Crippen LogP contribution >= 0.6 is 0 Å². The zero-order valence-corrected chi connectivity index (χ0v) is 8.84. The predicted octanol–water partition coefficient (Wildman–Crippen LogP) is 2.41. The molecule has 0 aliphatic carbocycles. The van der Waals surface area contributed by atoms with E-state index in [-0.39, 0.29) is 0 Å². The summed E-state index contributed by atoms with van der Waals surface area (Å²) in [7, 11) is 0. The molecule has 2 nitrogen and oxygen atoms in total. The fraction of sp³-hybridized carbons (Fsp3) is 0.909. The molecule has 1 aliphatic heterocycles. The van der Waals surface area contributed by atoms with Gasteiger partial charge in [-0.3, -0.25) is 4.90 Å². The second-order valence-electron chi connectivity index (χ2n) is 4.49. The van der Waals surface area contributed by atoms with Crippen molar-refractivity contribution < 1.29 is 0 Å². The molecule has 1 fully saturated rings. The normalized spacial score (nSPS) is 22.5. The topological polar surface area (TPSA) is 27.0 Å². The maximum absolute atomic E-state index is 8.56. The van der Waals surface area contributed by atoms with Crippen molar-refractivity contribution in [3.8, 4) is 6.07 Å². The van der Waals surface area contributed by atoms with Crippen molar-refractivity contribution >= 4 is 0 Å². The van der Waals surface area contributed by atoms with Gasteiger partial charge in [-0.1, -0.05) is 20.3 Å². The Kier molecular flexibility index (Phi) is 3.74. The smallest absolute Gasteiger partial charge is 0.0865 e. The third kappa shape index (κ3) is 3.00. The Balaban J connectivity index is 2.34. The van der Waals surface area contributed by atoms with E-state index in [0.29, 0.717) is 12.0 Å². The standard InChI is InChI=1S/C11H20N2/c1-3-4-11(2)5-8-13(9-6-11)10-7-12/h3-6,8-10H2,1-2H3. The molecule has 13 heavy (non-hydrogen) atoms. The number of hydrogen-bond acceptors (Lipinski definition) is 2. The molecular weight excluding hydrogens is 160 g/mol. The van der Waals surface area contributed by atoms with Gasteiger partial charge in [0.25, 0.3) is 0 Å². The molecule has 0 aromatic carbocycles. The largest absolute Gasteiger partial charge is 0.291 e. The maximum atomic E-state index is 8.56. The van der Waals surface area contributed by atoms with Crippen LogP contribution < -0.4 is 0 Å². The Bertz CT molecular complexity index is 185. The summed E-state index contributed by atoms with van der Waals surface area (Å²) in [6.45, 7) is 7.49. The Morgan fingerprint density at radius 3 is 2.46 bits per heavy atom. The van der Waals surface area contributed by atoms with Gasteiger partial charge in [-0.25, -0.2) is 0 Å². The molecule has 0 aromatic rings. The first kappa shape index (κ1) is 10.5. The van der Waals surface area contributed by atoms with Gasteiger partial charge < -0.3 is 0 Å². The Morgan fingerprint density at radius 2 is 2.00 bits per heavy atom. The summed E-state index contributed by atoms with van der Waals surface area (Å²) in [5.41, 5.74) is 0.556. The zero-order chi connectivity index (χ0) is 9.73. The third-order valence-electron chi connectivity index (χ3n) is 3.21. The second-order valence-corrected chi connectivity index (χ2v) is 4.49. The van der Waals surface area contributed by atoms with Gasteiger partial charge in [0.1, 0.15) is 0 Å². The van der Waals surface area contributed by atoms with Gasteiger partial charge in [-0.2, -0.15) is 5.26 Å². The molecule has 1 rings (SSSR count). The van der Waals surface area contributed by atoms with Crippen molar-refractivity contribution in [2.45, 2.75) is 39.5 Å². The summed E-state index contributed by atoms with van der Waals surface area (Å²) in [6.07, 6.45) is 5.16. The zero-order valence-electron chi connectivity index (χ0n) is 8.84.